The number of para-hydroxylation sites is 3. The van der Waals surface area contributed by atoms with Gasteiger partial charge in [0, 0.05) is 6.20 Å². The van der Waals surface area contributed by atoms with E-state index in [1.165, 1.54) is 16.7 Å². The average Bonchev–Trinajstić information content (AvgIpc) is 3.08. The Kier molecular flexibility index (Phi) is 4.76. The van der Waals surface area contributed by atoms with Crippen molar-refractivity contribution in [3.05, 3.63) is 90.1 Å². The van der Waals surface area contributed by atoms with Gasteiger partial charge in [-0.05, 0) is 42.8 Å². The molecule has 0 aliphatic carbocycles. The van der Waals surface area contributed by atoms with E-state index in [9.17, 15) is 9.18 Å². The Labute approximate surface area is 161 Å². The number of benzene rings is 2. The number of amides is 1. The van der Waals surface area contributed by atoms with Crippen LogP contribution in [-0.2, 0) is 6.42 Å². The molecular formula is C22H18FN3O2. The Hall–Kier alpha value is -3.67. The molecule has 0 aliphatic heterocycles. The summed E-state index contributed by atoms with van der Waals surface area (Å²) in [5.74, 6) is 0.365. The van der Waals surface area contributed by atoms with Crippen LogP contribution < -0.4 is 10.1 Å². The monoisotopic (exact) mass is 375 g/mol. The largest absolute Gasteiger partial charge is 0.455 e. The van der Waals surface area contributed by atoms with Gasteiger partial charge in [0.05, 0.1) is 11.4 Å². The molecule has 2 heterocycles. The smallest absolute Gasteiger partial charge is 0.274 e. The van der Waals surface area contributed by atoms with E-state index in [1.807, 2.05) is 49.4 Å². The summed E-state index contributed by atoms with van der Waals surface area (Å²) in [5, 5.41) is 2.87. The first-order valence-electron chi connectivity index (χ1n) is 8.95. The van der Waals surface area contributed by atoms with E-state index < -0.39 is 5.82 Å². The van der Waals surface area contributed by atoms with Gasteiger partial charge in [0.15, 0.2) is 5.75 Å². The first-order valence-corrected chi connectivity index (χ1v) is 8.95. The second-order valence-electron chi connectivity index (χ2n) is 6.20. The lowest BCUT2D eigenvalue weighted by molar-refractivity contribution is 0.102. The fraction of sp³-hybridized carbons (Fsp3) is 0.0909. The summed E-state index contributed by atoms with van der Waals surface area (Å²) in [4.78, 5) is 17.5. The lowest BCUT2D eigenvalue weighted by Gasteiger charge is -2.12. The molecule has 1 amide bonds. The number of imidazole rings is 1. The van der Waals surface area contributed by atoms with Crippen LogP contribution in [-0.4, -0.2) is 15.3 Å². The van der Waals surface area contributed by atoms with Gasteiger partial charge in [0.1, 0.15) is 22.9 Å². The number of aryl methyl sites for hydroxylation is 1. The number of rotatable bonds is 5. The van der Waals surface area contributed by atoms with E-state index in [2.05, 4.69) is 10.3 Å². The third kappa shape index (κ3) is 3.44. The van der Waals surface area contributed by atoms with E-state index in [0.717, 1.165) is 0 Å². The van der Waals surface area contributed by atoms with Crippen molar-refractivity contribution in [2.24, 2.45) is 0 Å². The zero-order chi connectivity index (χ0) is 19.5. The topological polar surface area (TPSA) is 55.6 Å². The van der Waals surface area contributed by atoms with Crippen LogP contribution in [0, 0.1) is 5.82 Å². The summed E-state index contributed by atoms with van der Waals surface area (Å²) < 4.78 is 21.1. The van der Waals surface area contributed by atoms with E-state index in [4.69, 9.17) is 4.74 Å². The highest BCUT2D eigenvalue weighted by Gasteiger charge is 2.20. The minimum atomic E-state index is -0.436. The normalized spacial score (nSPS) is 10.8. The van der Waals surface area contributed by atoms with Crippen LogP contribution in [0.4, 0.5) is 10.1 Å². The van der Waals surface area contributed by atoms with Crippen molar-refractivity contribution < 1.29 is 13.9 Å². The molecule has 0 aliphatic rings. The number of ether oxygens (including phenoxy) is 1. The van der Waals surface area contributed by atoms with Crippen molar-refractivity contribution in [3.8, 4) is 11.5 Å². The van der Waals surface area contributed by atoms with Crippen molar-refractivity contribution in [2.45, 2.75) is 13.3 Å². The molecule has 4 rings (SSSR count). The summed E-state index contributed by atoms with van der Waals surface area (Å²) >= 11 is 0. The molecule has 1 N–H and O–H groups in total. The van der Waals surface area contributed by atoms with E-state index in [0.29, 0.717) is 40.6 Å². The van der Waals surface area contributed by atoms with Gasteiger partial charge in [-0.25, -0.2) is 9.37 Å². The summed E-state index contributed by atoms with van der Waals surface area (Å²) in [6, 6.07) is 19.4. The fourth-order valence-corrected chi connectivity index (χ4v) is 3.01. The number of carbonyl (C=O) groups excluding carboxylic acids is 1. The van der Waals surface area contributed by atoms with Gasteiger partial charge in [-0.2, -0.15) is 0 Å². The summed E-state index contributed by atoms with van der Waals surface area (Å²) in [5.41, 5.74) is 1.96. The number of carbonyl (C=O) groups is 1. The van der Waals surface area contributed by atoms with Crippen LogP contribution in [0.15, 0.2) is 72.9 Å². The Bertz CT molecular complexity index is 1140. The Balaban J connectivity index is 1.68. The molecule has 0 saturated carbocycles. The van der Waals surface area contributed by atoms with Gasteiger partial charge in [0.2, 0.25) is 0 Å². The van der Waals surface area contributed by atoms with E-state index in [-0.39, 0.29) is 5.91 Å². The molecule has 0 saturated heterocycles. The molecule has 4 aromatic rings. The number of anilines is 1. The molecule has 0 bridgehead atoms. The molecule has 0 spiro atoms. The minimum absolute atomic E-state index is 0.312. The molecule has 5 nitrogen and oxygen atoms in total. The first kappa shape index (κ1) is 17.7. The SMILES string of the molecule is CCc1nc2ccc(F)cn2c1C(=O)Nc1ccccc1Oc1ccccc1. The van der Waals surface area contributed by atoms with Gasteiger partial charge in [-0.15, -0.1) is 0 Å². The molecule has 0 unspecified atom stereocenters. The molecule has 140 valence electrons. The van der Waals surface area contributed by atoms with Crippen LogP contribution in [0.5, 0.6) is 11.5 Å². The number of hydrogen-bond donors (Lipinski definition) is 1. The summed E-state index contributed by atoms with van der Waals surface area (Å²) in [6.07, 6.45) is 1.82. The number of pyridine rings is 1. The summed E-state index contributed by atoms with van der Waals surface area (Å²) in [6.45, 7) is 1.90. The number of fused-ring (bicyclic) bond motifs is 1. The predicted molar refractivity (Wildman–Crippen MR) is 105 cm³/mol. The van der Waals surface area contributed by atoms with Gasteiger partial charge in [-0.3, -0.25) is 9.20 Å². The number of aromatic nitrogens is 2. The first-order chi connectivity index (χ1) is 13.7. The Morgan fingerprint density at radius 2 is 1.82 bits per heavy atom. The number of nitrogens with one attached hydrogen (secondary N) is 1. The maximum absolute atomic E-state index is 13.7. The highest BCUT2D eigenvalue weighted by molar-refractivity contribution is 6.05. The molecule has 6 heteroatoms. The molecule has 0 fully saturated rings. The molecule has 2 aromatic heterocycles. The molecule has 0 radical (unpaired) electrons. The van der Waals surface area contributed by atoms with Crippen LogP contribution >= 0.6 is 0 Å². The highest BCUT2D eigenvalue weighted by atomic mass is 19.1. The zero-order valence-electron chi connectivity index (χ0n) is 15.2. The highest BCUT2D eigenvalue weighted by Crippen LogP contribution is 2.29. The second kappa shape index (κ2) is 7.52. The molecule has 2 aromatic carbocycles. The maximum atomic E-state index is 13.7. The van der Waals surface area contributed by atoms with Crippen LogP contribution in [0.25, 0.3) is 5.65 Å². The second-order valence-corrected chi connectivity index (χ2v) is 6.20. The lowest BCUT2D eigenvalue weighted by atomic mass is 10.2. The van der Waals surface area contributed by atoms with Crippen LogP contribution in [0.2, 0.25) is 0 Å². The van der Waals surface area contributed by atoms with Gasteiger partial charge >= 0.3 is 0 Å². The molecule has 28 heavy (non-hydrogen) atoms. The third-order valence-corrected chi connectivity index (χ3v) is 4.31. The van der Waals surface area contributed by atoms with E-state index >= 15 is 0 Å². The van der Waals surface area contributed by atoms with Crippen molar-refractivity contribution in [1.82, 2.24) is 9.38 Å². The molecular weight excluding hydrogens is 357 g/mol. The predicted octanol–water partition coefficient (Wildman–Crippen LogP) is 5.08. The number of hydrogen-bond acceptors (Lipinski definition) is 3. The van der Waals surface area contributed by atoms with Crippen LogP contribution in [0.3, 0.4) is 0 Å². The van der Waals surface area contributed by atoms with Crippen molar-refractivity contribution >= 4 is 17.2 Å². The quantitative estimate of drug-likeness (QED) is 0.529. The Morgan fingerprint density at radius 1 is 1.07 bits per heavy atom. The zero-order valence-corrected chi connectivity index (χ0v) is 15.2. The number of nitrogens with zero attached hydrogens (tertiary/aromatic N) is 2. The van der Waals surface area contributed by atoms with E-state index in [1.54, 1.807) is 18.2 Å². The van der Waals surface area contributed by atoms with Gasteiger partial charge in [-0.1, -0.05) is 37.3 Å². The van der Waals surface area contributed by atoms with Crippen LogP contribution in [0.1, 0.15) is 23.1 Å². The summed E-state index contributed by atoms with van der Waals surface area (Å²) in [7, 11) is 0. The lowest BCUT2D eigenvalue weighted by Crippen LogP contribution is -2.16. The Morgan fingerprint density at radius 3 is 2.61 bits per heavy atom. The molecule has 0 atom stereocenters. The fourth-order valence-electron chi connectivity index (χ4n) is 3.01. The van der Waals surface area contributed by atoms with Crippen molar-refractivity contribution in [3.63, 3.8) is 0 Å². The maximum Gasteiger partial charge on any atom is 0.274 e. The third-order valence-electron chi connectivity index (χ3n) is 4.31. The van der Waals surface area contributed by atoms with Gasteiger partial charge < -0.3 is 10.1 Å². The van der Waals surface area contributed by atoms with Crippen molar-refractivity contribution in [1.29, 1.82) is 0 Å². The average molecular weight is 375 g/mol. The standard InChI is InChI=1S/C22H18FN3O2/c1-2-17-21(26-14-15(23)12-13-20(26)24-17)22(27)25-18-10-6-7-11-19(18)28-16-8-4-3-5-9-16/h3-14H,2H2,1H3,(H,25,27). The minimum Gasteiger partial charge on any atom is -0.455 e. The van der Waals surface area contributed by atoms with Crippen molar-refractivity contribution in [2.75, 3.05) is 5.32 Å². The number of halogens is 1. The van der Waals surface area contributed by atoms with Gasteiger partial charge in [0.25, 0.3) is 5.91 Å².